The monoisotopic (exact) mass is 153 g/mol. The van der Waals surface area contributed by atoms with Crippen LogP contribution in [0.5, 0.6) is 0 Å². The van der Waals surface area contributed by atoms with Gasteiger partial charge < -0.3 is 10.1 Å². The normalized spacial score (nSPS) is 14.1. The van der Waals surface area contributed by atoms with Gasteiger partial charge in [0.1, 0.15) is 0 Å². The van der Waals surface area contributed by atoms with Crippen molar-refractivity contribution in [3.8, 4) is 0 Å². The van der Waals surface area contributed by atoms with Crippen LogP contribution in [0.15, 0.2) is 0 Å². The zero-order chi connectivity index (χ0) is 7.98. The first kappa shape index (κ1) is 9.78. The lowest BCUT2D eigenvalue weighted by molar-refractivity contribution is 0.103. The molecule has 0 amide bonds. The SMILES string of the molecule is COC(C)CNCC(F)F. The van der Waals surface area contributed by atoms with Crippen LogP contribution in [0.1, 0.15) is 6.92 Å². The van der Waals surface area contributed by atoms with E-state index in [4.69, 9.17) is 4.74 Å². The van der Waals surface area contributed by atoms with Gasteiger partial charge in [0.2, 0.25) is 0 Å². The van der Waals surface area contributed by atoms with Gasteiger partial charge >= 0.3 is 0 Å². The Morgan fingerprint density at radius 3 is 2.40 bits per heavy atom. The van der Waals surface area contributed by atoms with Crippen LogP contribution in [0.3, 0.4) is 0 Å². The molecular weight excluding hydrogens is 140 g/mol. The molecule has 4 heteroatoms. The third-order valence-electron chi connectivity index (χ3n) is 1.13. The van der Waals surface area contributed by atoms with Gasteiger partial charge in [-0.25, -0.2) is 8.78 Å². The minimum atomic E-state index is -2.27. The second-order valence-electron chi connectivity index (χ2n) is 2.10. The van der Waals surface area contributed by atoms with Gasteiger partial charge in [-0.2, -0.15) is 0 Å². The summed E-state index contributed by atoms with van der Waals surface area (Å²) < 4.78 is 27.8. The van der Waals surface area contributed by atoms with E-state index in [2.05, 4.69) is 5.32 Å². The molecule has 0 aliphatic heterocycles. The van der Waals surface area contributed by atoms with Gasteiger partial charge in [-0.1, -0.05) is 0 Å². The van der Waals surface area contributed by atoms with Crippen molar-refractivity contribution in [2.24, 2.45) is 0 Å². The minimum Gasteiger partial charge on any atom is -0.380 e. The van der Waals surface area contributed by atoms with Crippen LogP contribution in [-0.4, -0.2) is 32.7 Å². The van der Waals surface area contributed by atoms with Crippen LogP contribution in [0.2, 0.25) is 0 Å². The molecule has 0 aromatic rings. The summed E-state index contributed by atoms with van der Waals surface area (Å²) in [5.74, 6) is 0. The Labute approximate surface area is 59.6 Å². The molecule has 0 aliphatic rings. The predicted molar refractivity (Wildman–Crippen MR) is 35.3 cm³/mol. The van der Waals surface area contributed by atoms with Crippen molar-refractivity contribution in [3.05, 3.63) is 0 Å². The van der Waals surface area contributed by atoms with E-state index in [-0.39, 0.29) is 12.6 Å². The summed E-state index contributed by atoms with van der Waals surface area (Å²) in [6.45, 7) is 2.03. The fraction of sp³-hybridized carbons (Fsp3) is 1.00. The molecule has 0 radical (unpaired) electrons. The summed E-state index contributed by atoms with van der Waals surface area (Å²) in [5, 5.41) is 2.56. The van der Waals surface area contributed by atoms with Gasteiger partial charge in [-0.15, -0.1) is 0 Å². The highest BCUT2D eigenvalue weighted by Crippen LogP contribution is 1.89. The number of alkyl halides is 2. The summed E-state index contributed by atoms with van der Waals surface area (Å²) in [4.78, 5) is 0. The summed E-state index contributed by atoms with van der Waals surface area (Å²) in [6.07, 6.45) is -2.28. The predicted octanol–water partition coefficient (Wildman–Crippen LogP) is 0.876. The lowest BCUT2D eigenvalue weighted by Crippen LogP contribution is -2.29. The fourth-order valence-electron chi connectivity index (χ4n) is 0.479. The molecule has 1 atom stereocenters. The maximum Gasteiger partial charge on any atom is 0.250 e. The molecule has 0 spiro atoms. The van der Waals surface area contributed by atoms with E-state index in [1.165, 1.54) is 0 Å². The van der Waals surface area contributed by atoms with Crippen LogP contribution in [0.4, 0.5) is 8.78 Å². The van der Waals surface area contributed by atoms with E-state index >= 15 is 0 Å². The molecule has 0 rings (SSSR count). The van der Waals surface area contributed by atoms with Gasteiger partial charge in [0.05, 0.1) is 12.6 Å². The summed E-state index contributed by atoms with van der Waals surface area (Å²) in [6, 6.07) is 0. The van der Waals surface area contributed by atoms with Crippen molar-refractivity contribution >= 4 is 0 Å². The molecule has 1 N–H and O–H groups in total. The van der Waals surface area contributed by atoms with E-state index in [0.29, 0.717) is 6.54 Å². The Balaban J connectivity index is 3.03. The van der Waals surface area contributed by atoms with Crippen molar-refractivity contribution in [3.63, 3.8) is 0 Å². The van der Waals surface area contributed by atoms with Gasteiger partial charge in [0.15, 0.2) is 0 Å². The number of methoxy groups -OCH3 is 1. The molecular formula is C6H13F2NO. The number of hydrogen-bond donors (Lipinski definition) is 1. The van der Waals surface area contributed by atoms with Crippen LogP contribution in [0.25, 0.3) is 0 Å². The molecule has 2 nitrogen and oxygen atoms in total. The van der Waals surface area contributed by atoms with Crippen LogP contribution >= 0.6 is 0 Å². The zero-order valence-corrected chi connectivity index (χ0v) is 6.23. The highest BCUT2D eigenvalue weighted by Gasteiger charge is 2.02. The molecule has 0 heterocycles. The molecule has 0 aromatic heterocycles. The van der Waals surface area contributed by atoms with Crippen molar-refractivity contribution < 1.29 is 13.5 Å². The number of ether oxygens (including phenoxy) is 1. The van der Waals surface area contributed by atoms with E-state index in [0.717, 1.165) is 0 Å². The van der Waals surface area contributed by atoms with Crippen molar-refractivity contribution in [2.75, 3.05) is 20.2 Å². The van der Waals surface area contributed by atoms with Crippen LogP contribution in [-0.2, 0) is 4.74 Å². The molecule has 0 aliphatic carbocycles. The summed E-state index contributed by atoms with van der Waals surface area (Å²) >= 11 is 0. The molecule has 1 unspecified atom stereocenters. The van der Waals surface area contributed by atoms with E-state index in [1.807, 2.05) is 6.92 Å². The Morgan fingerprint density at radius 2 is 2.00 bits per heavy atom. The largest absolute Gasteiger partial charge is 0.380 e. The molecule has 10 heavy (non-hydrogen) atoms. The minimum absolute atomic E-state index is 0.00116. The second-order valence-corrected chi connectivity index (χ2v) is 2.10. The lowest BCUT2D eigenvalue weighted by atomic mass is 10.4. The van der Waals surface area contributed by atoms with Gasteiger partial charge in [0, 0.05) is 13.7 Å². The molecule has 0 aromatic carbocycles. The third kappa shape index (κ3) is 5.91. The third-order valence-corrected chi connectivity index (χ3v) is 1.13. The first-order valence-electron chi connectivity index (χ1n) is 3.18. The zero-order valence-electron chi connectivity index (χ0n) is 6.23. The van der Waals surface area contributed by atoms with Crippen molar-refractivity contribution in [2.45, 2.75) is 19.5 Å². The molecule has 0 fully saturated rings. The van der Waals surface area contributed by atoms with E-state index in [9.17, 15) is 8.78 Å². The maximum absolute atomic E-state index is 11.5. The number of nitrogens with one attached hydrogen (secondary N) is 1. The van der Waals surface area contributed by atoms with E-state index < -0.39 is 6.43 Å². The smallest absolute Gasteiger partial charge is 0.250 e. The van der Waals surface area contributed by atoms with Gasteiger partial charge in [0.25, 0.3) is 6.43 Å². The topological polar surface area (TPSA) is 21.3 Å². The van der Waals surface area contributed by atoms with Crippen LogP contribution < -0.4 is 5.32 Å². The number of hydrogen-bond acceptors (Lipinski definition) is 2. The Kier molecular flexibility index (Phi) is 5.43. The number of rotatable bonds is 5. The molecule has 62 valence electrons. The summed E-state index contributed by atoms with van der Waals surface area (Å²) in [5.41, 5.74) is 0. The van der Waals surface area contributed by atoms with Crippen LogP contribution in [0, 0.1) is 0 Å². The van der Waals surface area contributed by atoms with Gasteiger partial charge in [-0.3, -0.25) is 0 Å². The van der Waals surface area contributed by atoms with E-state index in [1.54, 1.807) is 7.11 Å². The second kappa shape index (κ2) is 5.56. The standard InChI is InChI=1S/C6H13F2NO/c1-5(10-2)3-9-4-6(7)8/h5-6,9H,3-4H2,1-2H3. The Hall–Kier alpha value is -0.220. The van der Waals surface area contributed by atoms with Crippen molar-refractivity contribution in [1.29, 1.82) is 0 Å². The highest BCUT2D eigenvalue weighted by atomic mass is 19.3. The number of halogens is 2. The molecule has 0 bridgehead atoms. The van der Waals surface area contributed by atoms with Crippen molar-refractivity contribution in [1.82, 2.24) is 5.32 Å². The quantitative estimate of drug-likeness (QED) is 0.633. The Bertz CT molecular complexity index is 80.1. The first-order chi connectivity index (χ1) is 4.66. The average molecular weight is 153 g/mol. The van der Waals surface area contributed by atoms with Gasteiger partial charge in [-0.05, 0) is 6.92 Å². The molecule has 0 saturated carbocycles. The lowest BCUT2D eigenvalue weighted by Gasteiger charge is -2.09. The average Bonchev–Trinajstić information content (AvgIpc) is 1.87. The fourth-order valence-corrected chi connectivity index (χ4v) is 0.479. The maximum atomic E-state index is 11.5. The molecule has 0 saturated heterocycles. The summed E-state index contributed by atoms with van der Waals surface area (Å²) in [7, 11) is 1.55. The first-order valence-corrected chi connectivity index (χ1v) is 3.18. The highest BCUT2D eigenvalue weighted by molar-refractivity contribution is 4.54. The Morgan fingerprint density at radius 1 is 1.40 bits per heavy atom.